The van der Waals surface area contributed by atoms with Gasteiger partial charge in [-0.25, -0.2) is 0 Å². The molecule has 2 aromatic carbocycles. The molecule has 1 aliphatic rings. The van der Waals surface area contributed by atoms with E-state index < -0.39 is 0 Å². The van der Waals surface area contributed by atoms with Crippen LogP contribution in [0.1, 0.15) is 30.9 Å². The van der Waals surface area contributed by atoms with E-state index in [0.717, 1.165) is 35.7 Å². The number of nitriles is 1. The van der Waals surface area contributed by atoms with Gasteiger partial charge in [0.25, 0.3) is 0 Å². The van der Waals surface area contributed by atoms with Gasteiger partial charge >= 0.3 is 0 Å². The molecule has 1 fully saturated rings. The Kier molecular flexibility index (Phi) is 6.27. The number of likely N-dealkylation sites (tertiary alicyclic amines) is 1. The van der Waals surface area contributed by atoms with Crippen LogP contribution in [0.2, 0.25) is 5.02 Å². The molecule has 0 spiro atoms. The predicted molar refractivity (Wildman–Crippen MR) is 104 cm³/mol. The lowest BCUT2D eigenvalue weighted by molar-refractivity contribution is -0.120. The topological polar surface area (TPSA) is 47.3 Å². The summed E-state index contributed by atoms with van der Waals surface area (Å²) in [6, 6.07) is 19.7. The van der Waals surface area contributed by atoms with E-state index in [2.05, 4.69) is 11.0 Å². The standard InChI is InChI=1S/C21H22ClN3O/c22-19-11-5-4-10-18(19)20-12-6-14-24(20)16-21(26)25(15-7-13-23)17-8-2-1-3-9-17/h1-5,8-11,20H,6-7,12,14-16H2/t20-/m1/s1. The van der Waals surface area contributed by atoms with Crippen molar-refractivity contribution in [3.05, 3.63) is 65.2 Å². The zero-order valence-electron chi connectivity index (χ0n) is 14.6. The smallest absolute Gasteiger partial charge is 0.241 e. The minimum Gasteiger partial charge on any atom is -0.310 e. The number of rotatable bonds is 6. The molecule has 1 saturated heterocycles. The van der Waals surface area contributed by atoms with Gasteiger partial charge in [-0.15, -0.1) is 0 Å². The van der Waals surface area contributed by atoms with Crippen LogP contribution >= 0.6 is 11.6 Å². The van der Waals surface area contributed by atoms with Gasteiger partial charge in [0.15, 0.2) is 0 Å². The van der Waals surface area contributed by atoms with Crippen molar-refractivity contribution < 1.29 is 4.79 Å². The number of benzene rings is 2. The Labute approximate surface area is 159 Å². The Bertz CT molecular complexity index is 787. The van der Waals surface area contributed by atoms with E-state index in [0.29, 0.717) is 19.5 Å². The largest absolute Gasteiger partial charge is 0.310 e. The van der Waals surface area contributed by atoms with Crippen molar-refractivity contribution in [2.24, 2.45) is 0 Å². The van der Waals surface area contributed by atoms with Crippen LogP contribution in [0.25, 0.3) is 0 Å². The number of carbonyl (C=O) groups excluding carboxylic acids is 1. The van der Waals surface area contributed by atoms with Crippen molar-refractivity contribution in [1.29, 1.82) is 5.26 Å². The van der Waals surface area contributed by atoms with Crippen molar-refractivity contribution in [3.63, 3.8) is 0 Å². The molecule has 5 heteroatoms. The lowest BCUT2D eigenvalue weighted by Crippen LogP contribution is -2.40. The molecule has 0 saturated carbocycles. The molecule has 0 aromatic heterocycles. The maximum atomic E-state index is 13.0. The predicted octanol–water partition coefficient (Wildman–Crippen LogP) is 4.42. The molecule has 1 aliphatic heterocycles. The van der Waals surface area contributed by atoms with E-state index in [1.54, 1.807) is 4.90 Å². The summed E-state index contributed by atoms with van der Waals surface area (Å²) in [5.41, 5.74) is 1.92. The number of anilines is 1. The molecule has 4 nitrogen and oxygen atoms in total. The van der Waals surface area contributed by atoms with Crippen LogP contribution in [-0.2, 0) is 4.79 Å². The second kappa shape index (κ2) is 8.84. The van der Waals surface area contributed by atoms with Gasteiger partial charge in [-0.1, -0.05) is 48.0 Å². The number of carbonyl (C=O) groups is 1. The average Bonchev–Trinajstić information content (AvgIpc) is 3.11. The van der Waals surface area contributed by atoms with Gasteiger partial charge in [0, 0.05) is 23.3 Å². The van der Waals surface area contributed by atoms with E-state index in [1.165, 1.54) is 0 Å². The Morgan fingerprint density at radius 2 is 1.92 bits per heavy atom. The van der Waals surface area contributed by atoms with E-state index >= 15 is 0 Å². The van der Waals surface area contributed by atoms with Gasteiger partial charge in [0.05, 0.1) is 19.0 Å². The summed E-state index contributed by atoms with van der Waals surface area (Å²) in [6.45, 7) is 1.61. The Hall–Kier alpha value is -2.35. The van der Waals surface area contributed by atoms with Crippen molar-refractivity contribution in [2.45, 2.75) is 25.3 Å². The number of nitrogens with zero attached hydrogens (tertiary/aromatic N) is 3. The van der Waals surface area contributed by atoms with Crippen LogP contribution in [-0.4, -0.2) is 30.4 Å². The average molecular weight is 368 g/mol. The maximum absolute atomic E-state index is 13.0. The third kappa shape index (κ3) is 4.24. The summed E-state index contributed by atoms with van der Waals surface area (Å²) >= 11 is 6.38. The van der Waals surface area contributed by atoms with E-state index in [9.17, 15) is 4.79 Å². The first-order valence-corrected chi connectivity index (χ1v) is 9.29. The lowest BCUT2D eigenvalue weighted by atomic mass is 10.0. The minimum atomic E-state index is 0.0189. The molecule has 0 N–H and O–H groups in total. The second-order valence-electron chi connectivity index (χ2n) is 6.44. The molecule has 0 aliphatic carbocycles. The minimum absolute atomic E-state index is 0.0189. The van der Waals surface area contributed by atoms with Crippen LogP contribution in [0.5, 0.6) is 0 Å². The summed E-state index contributed by atoms with van der Waals surface area (Å²) in [5, 5.41) is 9.69. The van der Waals surface area contributed by atoms with Crippen molar-refractivity contribution in [2.75, 3.05) is 24.5 Å². The van der Waals surface area contributed by atoms with Crippen LogP contribution in [0.15, 0.2) is 54.6 Å². The lowest BCUT2D eigenvalue weighted by Gasteiger charge is -2.29. The Balaban J connectivity index is 1.76. The van der Waals surface area contributed by atoms with Crippen molar-refractivity contribution >= 4 is 23.2 Å². The molecule has 134 valence electrons. The Morgan fingerprint density at radius 1 is 1.19 bits per heavy atom. The van der Waals surface area contributed by atoms with Gasteiger partial charge in [0.2, 0.25) is 5.91 Å². The van der Waals surface area contributed by atoms with Gasteiger partial charge in [-0.2, -0.15) is 5.26 Å². The quantitative estimate of drug-likeness (QED) is 0.759. The van der Waals surface area contributed by atoms with Crippen molar-refractivity contribution in [1.82, 2.24) is 4.90 Å². The molecule has 2 aromatic rings. The zero-order valence-corrected chi connectivity index (χ0v) is 15.4. The highest BCUT2D eigenvalue weighted by atomic mass is 35.5. The van der Waals surface area contributed by atoms with Crippen LogP contribution in [0.3, 0.4) is 0 Å². The monoisotopic (exact) mass is 367 g/mol. The molecule has 26 heavy (non-hydrogen) atoms. The molecular formula is C21H22ClN3O. The molecule has 0 unspecified atom stereocenters. The summed E-state index contributed by atoms with van der Waals surface area (Å²) in [5.74, 6) is 0.0189. The van der Waals surface area contributed by atoms with Crippen LogP contribution in [0, 0.1) is 11.3 Å². The van der Waals surface area contributed by atoms with Gasteiger partial charge in [-0.3, -0.25) is 9.69 Å². The first-order chi connectivity index (χ1) is 12.7. The molecular weight excluding hydrogens is 346 g/mol. The number of hydrogen-bond donors (Lipinski definition) is 0. The highest BCUT2D eigenvalue weighted by molar-refractivity contribution is 6.31. The Morgan fingerprint density at radius 3 is 2.65 bits per heavy atom. The van der Waals surface area contributed by atoms with Gasteiger partial charge in [0.1, 0.15) is 0 Å². The summed E-state index contributed by atoms with van der Waals surface area (Å²) in [4.78, 5) is 16.9. The fourth-order valence-corrected chi connectivity index (χ4v) is 3.80. The summed E-state index contributed by atoms with van der Waals surface area (Å²) in [7, 11) is 0. The molecule has 1 heterocycles. The zero-order chi connectivity index (χ0) is 18.4. The highest BCUT2D eigenvalue weighted by Gasteiger charge is 2.30. The SMILES string of the molecule is N#CCCN(C(=O)CN1CCC[C@@H]1c1ccccc1Cl)c1ccccc1. The number of para-hydroxylation sites is 1. The second-order valence-corrected chi connectivity index (χ2v) is 6.85. The normalized spacial score (nSPS) is 17.0. The third-order valence-electron chi connectivity index (χ3n) is 4.78. The van der Waals surface area contributed by atoms with Crippen LogP contribution < -0.4 is 4.90 Å². The highest BCUT2D eigenvalue weighted by Crippen LogP contribution is 2.35. The first kappa shape index (κ1) is 18.4. The summed E-state index contributed by atoms with van der Waals surface area (Å²) < 4.78 is 0. The van der Waals surface area contributed by atoms with E-state index in [1.807, 2.05) is 54.6 Å². The van der Waals surface area contributed by atoms with Gasteiger partial charge < -0.3 is 4.90 Å². The molecule has 1 amide bonds. The number of hydrogen-bond acceptors (Lipinski definition) is 3. The molecule has 0 bridgehead atoms. The van der Waals surface area contributed by atoms with Crippen molar-refractivity contribution in [3.8, 4) is 6.07 Å². The maximum Gasteiger partial charge on any atom is 0.241 e. The number of halogens is 1. The first-order valence-electron chi connectivity index (χ1n) is 8.91. The molecule has 3 rings (SSSR count). The fourth-order valence-electron chi connectivity index (χ4n) is 3.54. The summed E-state index contributed by atoms with van der Waals surface area (Å²) in [6.07, 6.45) is 2.36. The van der Waals surface area contributed by atoms with E-state index in [-0.39, 0.29) is 11.9 Å². The molecule has 1 atom stereocenters. The van der Waals surface area contributed by atoms with E-state index in [4.69, 9.17) is 16.9 Å². The van der Waals surface area contributed by atoms with Crippen LogP contribution in [0.4, 0.5) is 5.69 Å². The third-order valence-corrected chi connectivity index (χ3v) is 5.13. The fraction of sp³-hybridized carbons (Fsp3) is 0.333. The van der Waals surface area contributed by atoms with Gasteiger partial charge in [-0.05, 0) is 43.1 Å². The number of amides is 1. The molecule has 0 radical (unpaired) electrons.